The van der Waals surface area contributed by atoms with Gasteiger partial charge in [0.2, 0.25) is 0 Å². The normalized spacial score (nSPS) is 10.5. The summed E-state index contributed by atoms with van der Waals surface area (Å²) in [6, 6.07) is 13.2. The molecule has 7 heteroatoms. The molecule has 0 aliphatic heterocycles. The third-order valence-corrected chi connectivity index (χ3v) is 3.90. The van der Waals surface area contributed by atoms with Gasteiger partial charge in [0.15, 0.2) is 11.4 Å². The van der Waals surface area contributed by atoms with Crippen LogP contribution in [-0.2, 0) is 6.54 Å². The number of carbonyl (C=O) groups is 1. The van der Waals surface area contributed by atoms with Crippen molar-refractivity contribution >= 4 is 5.91 Å². The van der Waals surface area contributed by atoms with Gasteiger partial charge in [-0.2, -0.15) is 5.10 Å². The van der Waals surface area contributed by atoms with E-state index >= 15 is 0 Å². The van der Waals surface area contributed by atoms with E-state index < -0.39 is 0 Å². The molecule has 1 N–H and O–H groups in total. The van der Waals surface area contributed by atoms with Gasteiger partial charge in [-0.05, 0) is 48.9 Å². The predicted molar refractivity (Wildman–Crippen MR) is 98.9 cm³/mol. The molecular formula is C20H20FN3O3. The number of amides is 1. The Morgan fingerprint density at radius 2 is 1.85 bits per heavy atom. The lowest BCUT2D eigenvalue weighted by molar-refractivity contribution is 0.0941. The fraction of sp³-hybridized carbons (Fsp3) is 0.200. The van der Waals surface area contributed by atoms with E-state index in [1.165, 1.54) is 16.8 Å². The van der Waals surface area contributed by atoms with Gasteiger partial charge in [-0.15, -0.1) is 0 Å². The first-order valence-corrected chi connectivity index (χ1v) is 8.50. The van der Waals surface area contributed by atoms with Crippen LogP contribution in [0.1, 0.15) is 23.0 Å². The van der Waals surface area contributed by atoms with Gasteiger partial charge in [0, 0.05) is 6.54 Å². The Balaban J connectivity index is 1.76. The van der Waals surface area contributed by atoms with Gasteiger partial charge in [-0.1, -0.05) is 12.1 Å². The number of rotatable bonds is 7. The SMILES string of the molecule is CCOc1cn(-c2ccc(F)cc2)nc1C(=O)NCc1ccc(OC)cc1. The van der Waals surface area contributed by atoms with Crippen molar-refractivity contribution in [1.29, 1.82) is 0 Å². The molecule has 0 spiro atoms. The highest BCUT2D eigenvalue weighted by Gasteiger charge is 2.18. The van der Waals surface area contributed by atoms with Crippen molar-refractivity contribution in [1.82, 2.24) is 15.1 Å². The second kappa shape index (κ2) is 8.35. The van der Waals surface area contributed by atoms with Crippen molar-refractivity contribution in [2.24, 2.45) is 0 Å². The van der Waals surface area contributed by atoms with Crippen molar-refractivity contribution in [3.05, 3.63) is 71.8 Å². The number of methoxy groups -OCH3 is 1. The Hall–Kier alpha value is -3.35. The molecule has 0 radical (unpaired) electrons. The molecule has 0 aliphatic rings. The molecule has 1 amide bonds. The van der Waals surface area contributed by atoms with Gasteiger partial charge in [0.25, 0.3) is 5.91 Å². The van der Waals surface area contributed by atoms with E-state index in [2.05, 4.69) is 10.4 Å². The van der Waals surface area contributed by atoms with Gasteiger partial charge in [-0.25, -0.2) is 9.07 Å². The number of hydrogen-bond acceptors (Lipinski definition) is 4. The monoisotopic (exact) mass is 369 g/mol. The second-order valence-electron chi connectivity index (χ2n) is 5.73. The van der Waals surface area contributed by atoms with E-state index in [1.54, 1.807) is 25.4 Å². The maximum absolute atomic E-state index is 13.1. The first-order valence-electron chi connectivity index (χ1n) is 8.50. The van der Waals surface area contributed by atoms with Crippen molar-refractivity contribution < 1.29 is 18.7 Å². The van der Waals surface area contributed by atoms with Crippen LogP contribution in [0.15, 0.2) is 54.7 Å². The van der Waals surface area contributed by atoms with Crippen LogP contribution in [0.25, 0.3) is 5.69 Å². The van der Waals surface area contributed by atoms with Gasteiger partial charge in [-0.3, -0.25) is 4.79 Å². The summed E-state index contributed by atoms with van der Waals surface area (Å²) >= 11 is 0. The zero-order valence-electron chi connectivity index (χ0n) is 15.1. The summed E-state index contributed by atoms with van der Waals surface area (Å²) in [5.41, 5.74) is 1.74. The van der Waals surface area contributed by atoms with Crippen LogP contribution in [-0.4, -0.2) is 29.4 Å². The lowest BCUT2D eigenvalue weighted by Crippen LogP contribution is -2.24. The van der Waals surface area contributed by atoms with E-state index in [0.29, 0.717) is 24.6 Å². The molecule has 0 bridgehead atoms. The molecule has 0 unspecified atom stereocenters. The smallest absolute Gasteiger partial charge is 0.275 e. The molecule has 27 heavy (non-hydrogen) atoms. The fourth-order valence-electron chi connectivity index (χ4n) is 2.51. The Morgan fingerprint density at radius 3 is 2.48 bits per heavy atom. The van der Waals surface area contributed by atoms with Crippen LogP contribution in [0.3, 0.4) is 0 Å². The van der Waals surface area contributed by atoms with Crippen LogP contribution in [0.4, 0.5) is 4.39 Å². The summed E-state index contributed by atoms with van der Waals surface area (Å²) in [7, 11) is 1.60. The van der Waals surface area contributed by atoms with Gasteiger partial charge in [0.1, 0.15) is 11.6 Å². The first kappa shape index (κ1) is 18.4. The van der Waals surface area contributed by atoms with Crippen molar-refractivity contribution in [2.45, 2.75) is 13.5 Å². The number of benzene rings is 2. The van der Waals surface area contributed by atoms with Crippen LogP contribution in [0.2, 0.25) is 0 Å². The third-order valence-electron chi connectivity index (χ3n) is 3.90. The molecular weight excluding hydrogens is 349 g/mol. The van der Waals surface area contributed by atoms with Crippen molar-refractivity contribution in [2.75, 3.05) is 13.7 Å². The van der Waals surface area contributed by atoms with E-state index in [0.717, 1.165) is 11.3 Å². The van der Waals surface area contributed by atoms with Crippen molar-refractivity contribution in [3.8, 4) is 17.2 Å². The third kappa shape index (κ3) is 4.44. The number of nitrogens with zero attached hydrogens (tertiary/aromatic N) is 2. The minimum Gasteiger partial charge on any atom is -0.497 e. The fourth-order valence-corrected chi connectivity index (χ4v) is 2.51. The van der Waals surface area contributed by atoms with E-state index in [-0.39, 0.29) is 17.4 Å². The zero-order chi connectivity index (χ0) is 19.2. The number of ether oxygens (including phenoxy) is 2. The molecule has 1 heterocycles. The maximum atomic E-state index is 13.1. The van der Waals surface area contributed by atoms with Crippen LogP contribution >= 0.6 is 0 Å². The minimum atomic E-state index is -0.352. The lowest BCUT2D eigenvalue weighted by atomic mass is 10.2. The van der Waals surface area contributed by atoms with E-state index in [9.17, 15) is 9.18 Å². The average Bonchev–Trinajstić information content (AvgIpc) is 3.11. The summed E-state index contributed by atoms with van der Waals surface area (Å²) in [4.78, 5) is 12.6. The van der Waals surface area contributed by atoms with Crippen LogP contribution < -0.4 is 14.8 Å². The molecule has 1 aromatic heterocycles. The second-order valence-corrected chi connectivity index (χ2v) is 5.73. The molecule has 140 valence electrons. The van der Waals surface area contributed by atoms with Crippen LogP contribution in [0.5, 0.6) is 11.5 Å². The molecule has 3 rings (SSSR count). The molecule has 0 saturated carbocycles. The Bertz CT molecular complexity index is 905. The minimum absolute atomic E-state index is 0.176. The quantitative estimate of drug-likeness (QED) is 0.694. The standard InChI is InChI=1S/C20H20FN3O3/c1-3-27-18-13-24(16-8-6-15(21)7-9-16)23-19(18)20(25)22-12-14-4-10-17(26-2)11-5-14/h4-11,13H,3,12H2,1-2H3,(H,22,25). The largest absolute Gasteiger partial charge is 0.497 e. The summed E-state index contributed by atoms with van der Waals surface area (Å²) in [6.07, 6.45) is 1.61. The summed E-state index contributed by atoms with van der Waals surface area (Å²) in [5, 5.41) is 7.14. The summed E-state index contributed by atoms with van der Waals surface area (Å²) in [5.74, 6) is 0.430. The van der Waals surface area contributed by atoms with E-state index in [4.69, 9.17) is 9.47 Å². The molecule has 0 aliphatic carbocycles. The molecule has 2 aromatic carbocycles. The lowest BCUT2D eigenvalue weighted by Gasteiger charge is -2.06. The molecule has 6 nitrogen and oxygen atoms in total. The molecule has 0 fully saturated rings. The Morgan fingerprint density at radius 1 is 1.15 bits per heavy atom. The highest BCUT2D eigenvalue weighted by molar-refractivity contribution is 5.94. The summed E-state index contributed by atoms with van der Waals surface area (Å²) in [6.45, 7) is 2.57. The van der Waals surface area contributed by atoms with Crippen molar-refractivity contribution in [3.63, 3.8) is 0 Å². The summed E-state index contributed by atoms with van der Waals surface area (Å²) < 4.78 is 25.3. The Labute approximate surface area is 156 Å². The first-order chi connectivity index (χ1) is 13.1. The highest BCUT2D eigenvalue weighted by Crippen LogP contribution is 2.20. The number of aromatic nitrogens is 2. The number of carbonyl (C=O) groups excluding carboxylic acids is 1. The zero-order valence-corrected chi connectivity index (χ0v) is 15.1. The van der Waals surface area contributed by atoms with Gasteiger partial charge in [0.05, 0.1) is 25.6 Å². The number of hydrogen-bond donors (Lipinski definition) is 1. The predicted octanol–water partition coefficient (Wildman–Crippen LogP) is 3.35. The number of halogens is 1. The van der Waals surface area contributed by atoms with E-state index in [1.807, 2.05) is 31.2 Å². The van der Waals surface area contributed by atoms with Gasteiger partial charge < -0.3 is 14.8 Å². The molecule has 0 atom stereocenters. The molecule has 0 saturated heterocycles. The molecule has 3 aromatic rings. The average molecular weight is 369 g/mol. The maximum Gasteiger partial charge on any atom is 0.275 e. The highest BCUT2D eigenvalue weighted by atomic mass is 19.1. The topological polar surface area (TPSA) is 65.4 Å². The number of nitrogens with one attached hydrogen (secondary N) is 1. The van der Waals surface area contributed by atoms with Gasteiger partial charge >= 0.3 is 0 Å². The van der Waals surface area contributed by atoms with Crippen LogP contribution in [0, 0.1) is 5.82 Å². The Kier molecular flexibility index (Phi) is 5.71.